The zero-order valence-electron chi connectivity index (χ0n) is 14.1. The van der Waals surface area contributed by atoms with Crippen LogP contribution in [0.25, 0.3) is 11.6 Å². The quantitative estimate of drug-likeness (QED) is 0.834. The first kappa shape index (κ1) is 16.4. The zero-order chi connectivity index (χ0) is 17.2. The zero-order valence-corrected chi connectivity index (χ0v) is 14.1. The van der Waals surface area contributed by atoms with Crippen LogP contribution in [0.5, 0.6) is 0 Å². The molecule has 2 aromatic rings. The topological polar surface area (TPSA) is 94.2 Å². The minimum absolute atomic E-state index is 0.279. The maximum Gasteiger partial charge on any atom is 0.410 e. The Balaban J connectivity index is 1.81. The maximum absolute atomic E-state index is 12.5. The van der Waals surface area contributed by atoms with Crippen LogP contribution in [0, 0.1) is 0 Å². The number of likely N-dealkylation sites (tertiary alicyclic amines) is 1. The predicted octanol–water partition coefficient (Wildman–Crippen LogP) is 2.99. The summed E-state index contributed by atoms with van der Waals surface area (Å²) >= 11 is 0. The molecule has 0 radical (unpaired) electrons. The summed E-state index contributed by atoms with van der Waals surface area (Å²) in [6.07, 6.45) is 5.55. The summed E-state index contributed by atoms with van der Waals surface area (Å²) in [7, 11) is 0. The Labute approximate surface area is 140 Å². The van der Waals surface area contributed by atoms with Gasteiger partial charge in [-0.25, -0.2) is 14.8 Å². The molecule has 1 aliphatic heterocycles. The highest BCUT2D eigenvalue weighted by atomic mass is 16.6. The Morgan fingerprint density at radius 3 is 2.71 bits per heavy atom. The highest BCUT2D eigenvalue weighted by Crippen LogP contribution is 2.31. The van der Waals surface area contributed by atoms with Gasteiger partial charge >= 0.3 is 6.09 Å². The van der Waals surface area contributed by atoms with Crippen molar-refractivity contribution in [1.82, 2.24) is 25.0 Å². The van der Waals surface area contributed by atoms with Gasteiger partial charge in [-0.15, -0.1) is 0 Å². The molecule has 0 aromatic carbocycles. The van der Waals surface area contributed by atoms with E-state index in [4.69, 9.17) is 9.26 Å². The van der Waals surface area contributed by atoms with Crippen molar-refractivity contribution >= 4 is 6.09 Å². The number of amides is 1. The molecule has 2 aromatic heterocycles. The fourth-order valence-corrected chi connectivity index (χ4v) is 2.60. The van der Waals surface area contributed by atoms with E-state index in [1.165, 1.54) is 0 Å². The molecule has 1 saturated heterocycles. The molecule has 8 heteroatoms. The average molecular weight is 331 g/mol. The predicted molar refractivity (Wildman–Crippen MR) is 84.9 cm³/mol. The van der Waals surface area contributed by atoms with Gasteiger partial charge in [-0.3, -0.25) is 4.90 Å². The van der Waals surface area contributed by atoms with E-state index in [-0.39, 0.29) is 12.1 Å². The van der Waals surface area contributed by atoms with E-state index < -0.39 is 5.60 Å². The van der Waals surface area contributed by atoms with Gasteiger partial charge in [-0.1, -0.05) is 5.16 Å². The molecule has 24 heavy (non-hydrogen) atoms. The molecule has 0 N–H and O–H groups in total. The lowest BCUT2D eigenvalue weighted by Crippen LogP contribution is -2.42. The normalized spacial score (nSPS) is 18.5. The number of carbonyl (C=O) groups excluding carboxylic acids is 1. The van der Waals surface area contributed by atoms with Crippen LogP contribution in [0.1, 0.15) is 52.0 Å². The number of hydrogen-bond acceptors (Lipinski definition) is 7. The molecule has 0 saturated carbocycles. The lowest BCUT2D eigenvalue weighted by molar-refractivity contribution is 0.00538. The van der Waals surface area contributed by atoms with E-state index in [1.807, 2.05) is 20.8 Å². The monoisotopic (exact) mass is 331 g/mol. The molecular formula is C16H21N5O3. The Morgan fingerprint density at radius 2 is 2.00 bits per heavy atom. The van der Waals surface area contributed by atoms with Crippen LogP contribution in [0.15, 0.2) is 23.0 Å². The number of piperidine rings is 1. The van der Waals surface area contributed by atoms with Crippen molar-refractivity contribution in [3.63, 3.8) is 0 Å². The first-order valence-electron chi connectivity index (χ1n) is 8.05. The van der Waals surface area contributed by atoms with Gasteiger partial charge in [0.15, 0.2) is 0 Å². The first-order valence-corrected chi connectivity index (χ1v) is 8.05. The van der Waals surface area contributed by atoms with Gasteiger partial charge in [0.05, 0.1) is 0 Å². The summed E-state index contributed by atoms with van der Waals surface area (Å²) < 4.78 is 10.9. The molecule has 0 unspecified atom stereocenters. The second-order valence-electron chi connectivity index (χ2n) is 6.71. The minimum Gasteiger partial charge on any atom is -0.444 e. The average Bonchev–Trinajstić information content (AvgIpc) is 3.04. The van der Waals surface area contributed by atoms with E-state index in [2.05, 4.69) is 20.1 Å². The van der Waals surface area contributed by atoms with E-state index in [0.717, 1.165) is 19.3 Å². The molecule has 1 aliphatic rings. The van der Waals surface area contributed by atoms with Crippen molar-refractivity contribution < 1.29 is 14.1 Å². The number of aromatic nitrogens is 4. The van der Waals surface area contributed by atoms with Crippen LogP contribution < -0.4 is 0 Å². The van der Waals surface area contributed by atoms with E-state index in [1.54, 1.807) is 23.4 Å². The summed E-state index contributed by atoms with van der Waals surface area (Å²) in [5.41, 5.74) is -0.545. The molecule has 1 amide bonds. The van der Waals surface area contributed by atoms with Crippen molar-refractivity contribution in [2.45, 2.75) is 51.7 Å². The third kappa shape index (κ3) is 3.69. The lowest BCUT2D eigenvalue weighted by Gasteiger charge is -2.34. The van der Waals surface area contributed by atoms with E-state index in [0.29, 0.717) is 24.1 Å². The van der Waals surface area contributed by atoms with Gasteiger partial charge in [0, 0.05) is 18.9 Å². The number of carbonyl (C=O) groups is 1. The van der Waals surface area contributed by atoms with Crippen molar-refractivity contribution in [1.29, 1.82) is 0 Å². The van der Waals surface area contributed by atoms with Gasteiger partial charge in [0.25, 0.3) is 0 Å². The molecule has 3 rings (SSSR count). The number of ether oxygens (including phenoxy) is 1. The molecule has 0 spiro atoms. The molecule has 3 heterocycles. The Bertz CT molecular complexity index is 695. The van der Waals surface area contributed by atoms with Crippen LogP contribution in [0.4, 0.5) is 4.79 Å². The number of hydrogen-bond donors (Lipinski definition) is 0. The fraction of sp³-hybridized carbons (Fsp3) is 0.562. The van der Waals surface area contributed by atoms with Crippen molar-refractivity contribution in [3.05, 3.63) is 24.4 Å². The molecule has 0 aliphatic carbocycles. The lowest BCUT2D eigenvalue weighted by atomic mass is 10.0. The van der Waals surface area contributed by atoms with E-state index >= 15 is 0 Å². The summed E-state index contributed by atoms with van der Waals surface area (Å²) in [5, 5.41) is 3.94. The Kier molecular flexibility index (Phi) is 4.46. The van der Waals surface area contributed by atoms with Gasteiger partial charge in [-0.2, -0.15) is 4.98 Å². The smallest absolute Gasteiger partial charge is 0.410 e. The highest BCUT2D eigenvalue weighted by Gasteiger charge is 2.35. The summed E-state index contributed by atoms with van der Waals surface area (Å²) in [6.45, 7) is 6.16. The molecule has 1 fully saturated rings. The molecule has 0 bridgehead atoms. The van der Waals surface area contributed by atoms with Crippen LogP contribution >= 0.6 is 0 Å². The molecule has 128 valence electrons. The van der Waals surface area contributed by atoms with E-state index in [9.17, 15) is 4.79 Å². The van der Waals surface area contributed by atoms with Crippen molar-refractivity contribution in [2.75, 3.05) is 6.54 Å². The van der Waals surface area contributed by atoms with Gasteiger partial charge in [-0.05, 0) is 46.1 Å². The van der Waals surface area contributed by atoms with Gasteiger partial charge in [0.1, 0.15) is 11.6 Å². The third-order valence-corrected chi connectivity index (χ3v) is 3.62. The molecule has 8 nitrogen and oxygen atoms in total. The van der Waals surface area contributed by atoms with Crippen LogP contribution in [-0.2, 0) is 4.74 Å². The number of nitrogens with zero attached hydrogens (tertiary/aromatic N) is 5. The second kappa shape index (κ2) is 6.54. The van der Waals surface area contributed by atoms with Gasteiger partial charge in [0.2, 0.25) is 17.5 Å². The fourth-order valence-electron chi connectivity index (χ4n) is 2.60. The first-order chi connectivity index (χ1) is 11.4. The number of rotatable bonds is 2. The standard InChI is InChI=1S/C16H21N5O3/c1-16(2,3)23-15(22)21-10-5-4-7-11(21)14-19-13(20-24-14)12-17-8-6-9-18-12/h6,8-9,11H,4-5,7,10H2,1-3H3/t11-/m0/s1. The largest absolute Gasteiger partial charge is 0.444 e. The van der Waals surface area contributed by atoms with Crippen molar-refractivity contribution in [2.24, 2.45) is 0 Å². The maximum atomic E-state index is 12.5. The second-order valence-corrected chi connectivity index (χ2v) is 6.71. The summed E-state index contributed by atoms with van der Waals surface area (Å²) in [5.74, 6) is 1.11. The van der Waals surface area contributed by atoms with Crippen LogP contribution in [0.3, 0.4) is 0 Å². The SMILES string of the molecule is CC(C)(C)OC(=O)N1CCCC[C@H]1c1nc(-c2ncccn2)no1. The minimum atomic E-state index is -0.545. The van der Waals surface area contributed by atoms with Crippen LogP contribution in [0.2, 0.25) is 0 Å². The molecule has 1 atom stereocenters. The Hall–Kier alpha value is -2.51. The molecular weight excluding hydrogens is 310 g/mol. The third-order valence-electron chi connectivity index (χ3n) is 3.62. The highest BCUT2D eigenvalue weighted by molar-refractivity contribution is 5.68. The summed E-state index contributed by atoms with van der Waals surface area (Å²) in [6, 6.07) is 1.44. The Morgan fingerprint density at radius 1 is 1.25 bits per heavy atom. The van der Waals surface area contributed by atoms with Crippen molar-refractivity contribution in [3.8, 4) is 11.6 Å². The van der Waals surface area contributed by atoms with Gasteiger partial charge < -0.3 is 9.26 Å². The van der Waals surface area contributed by atoms with Crippen LogP contribution in [-0.4, -0.2) is 43.2 Å². The summed E-state index contributed by atoms with van der Waals surface area (Å²) in [4.78, 5) is 26.7.